The van der Waals surface area contributed by atoms with Crippen molar-refractivity contribution in [3.8, 4) is 0 Å². The maximum atomic E-state index is 13.1. The second-order valence-corrected chi connectivity index (χ2v) is 9.93. The molecule has 0 saturated carbocycles. The Bertz CT molecular complexity index is 773. The van der Waals surface area contributed by atoms with Gasteiger partial charge in [-0.2, -0.15) is 0 Å². The van der Waals surface area contributed by atoms with Gasteiger partial charge in [-0.3, -0.25) is 0 Å². The van der Waals surface area contributed by atoms with Crippen molar-refractivity contribution in [1.82, 2.24) is 9.80 Å². The number of carbonyl (C=O) groups excluding carboxylic acids is 1. The van der Waals surface area contributed by atoms with E-state index in [-0.39, 0.29) is 47.8 Å². The van der Waals surface area contributed by atoms with Crippen LogP contribution in [-0.4, -0.2) is 79.7 Å². The van der Waals surface area contributed by atoms with Gasteiger partial charge in [0.25, 0.3) is 0 Å². The highest BCUT2D eigenvalue weighted by atomic mass is 32.2. The van der Waals surface area contributed by atoms with E-state index in [1.807, 2.05) is 0 Å². The predicted molar refractivity (Wildman–Crippen MR) is 105 cm³/mol. The molecular weight excluding hydrogens is 385 g/mol. The van der Waals surface area contributed by atoms with Gasteiger partial charge < -0.3 is 20.2 Å². The Morgan fingerprint density at radius 3 is 2.46 bits per heavy atom. The fraction of sp³-hybridized carbons (Fsp3) is 0.632. The van der Waals surface area contributed by atoms with E-state index in [2.05, 4.69) is 17.1 Å². The fourth-order valence-corrected chi connectivity index (χ4v) is 5.48. The van der Waals surface area contributed by atoms with Crippen molar-refractivity contribution in [2.24, 2.45) is 11.8 Å². The Hall–Kier alpha value is -1.71. The van der Waals surface area contributed by atoms with Gasteiger partial charge in [-0.1, -0.05) is 13.3 Å². The van der Waals surface area contributed by atoms with Crippen LogP contribution in [0.1, 0.15) is 13.3 Å². The first kappa shape index (κ1) is 21.0. The molecule has 0 radical (unpaired) electrons. The lowest BCUT2D eigenvalue weighted by Gasteiger charge is -2.33. The van der Waals surface area contributed by atoms with E-state index in [0.29, 0.717) is 31.9 Å². The van der Waals surface area contributed by atoms with E-state index in [1.165, 1.54) is 24.3 Å². The molecule has 3 atom stereocenters. The lowest BCUT2D eigenvalue weighted by atomic mass is 9.88. The molecule has 2 N–H and O–H groups in total. The Morgan fingerprint density at radius 1 is 1.25 bits per heavy atom. The SMILES string of the molecule is CC[C@@H]1CN(C(=O)Nc2ccc(F)cc2)[C@H](CO)[C@@H]1CN1CCS(=O)(=O)CC1. The van der Waals surface area contributed by atoms with Crippen molar-refractivity contribution in [3.63, 3.8) is 0 Å². The van der Waals surface area contributed by atoms with Crippen LogP contribution in [-0.2, 0) is 9.84 Å². The Kier molecular flexibility index (Phi) is 6.57. The van der Waals surface area contributed by atoms with E-state index in [4.69, 9.17) is 0 Å². The standard InChI is InChI=1S/C19H28FN3O4S/c1-2-14-11-23(19(25)21-16-5-3-15(20)4-6-16)18(13-24)17(14)12-22-7-9-28(26,27)10-8-22/h3-6,14,17-18,24H,2,7-13H2,1H3,(H,21,25)/t14-,17-,18-/m1/s1. The van der Waals surface area contributed by atoms with E-state index < -0.39 is 9.84 Å². The maximum Gasteiger partial charge on any atom is 0.322 e. The van der Waals surface area contributed by atoms with Crippen LogP contribution in [0.25, 0.3) is 0 Å². The molecule has 2 heterocycles. The van der Waals surface area contributed by atoms with Gasteiger partial charge in [-0.15, -0.1) is 0 Å². The second kappa shape index (κ2) is 8.75. The molecular formula is C19H28FN3O4S. The number of sulfone groups is 1. The smallest absolute Gasteiger partial charge is 0.322 e. The summed E-state index contributed by atoms with van der Waals surface area (Å²) in [5.74, 6) is 0.260. The topological polar surface area (TPSA) is 90.0 Å². The van der Waals surface area contributed by atoms with Gasteiger partial charge in [-0.05, 0) is 36.1 Å². The summed E-state index contributed by atoms with van der Waals surface area (Å²) in [6, 6.07) is 4.92. The summed E-state index contributed by atoms with van der Waals surface area (Å²) in [5.41, 5.74) is 0.501. The molecule has 1 aromatic rings. The van der Waals surface area contributed by atoms with Crippen molar-refractivity contribution in [3.05, 3.63) is 30.1 Å². The van der Waals surface area contributed by atoms with Crippen molar-refractivity contribution in [2.75, 3.05) is 49.6 Å². The van der Waals surface area contributed by atoms with Crippen LogP contribution in [0.3, 0.4) is 0 Å². The highest BCUT2D eigenvalue weighted by molar-refractivity contribution is 7.91. The molecule has 28 heavy (non-hydrogen) atoms. The van der Waals surface area contributed by atoms with Crippen molar-refractivity contribution in [1.29, 1.82) is 0 Å². The number of anilines is 1. The van der Waals surface area contributed by atoms with Gasteiger partial charge in [0.15, 0.2) is 9.84 Å². The van der Waals surface area contributed by atoms with Gasteiger partial charge >= 0.3 is 6.03 Å². The molecule has 9 heteroatoms. The average Bonchev–Trinajstić information content (AvgIpc) is 3.02. The van der Waals surface area contributed by atoms with Crippen LogP contribution in [0.2, 0.25) is 0 Å². The number of aliphatic hydroxyl groups is 1. The lowest BCUT2D eigenvalue weighted by Crippen LogP contribution is -2.48. The Morgan fingerprint density at radius 2 is 1.89 bits per heavy atom. The molecule has 156 valence electrons. The van der Waals surface area contributed by atoms with Crippen LogP contribution >= 0.6 is 0 Å². The third-order valence-electron chi connectivity index (χ3n) is 5.91. The molecule has 0 bridgehead atoms. The number of hydrogen-bond donors (Lipinski definition) is 2. The molecule has 2 amide bonds. The van der Waals surface area contributed by atoms with Crippen LogP contribution in [0.5, 0.6) is 0 Å². The van der Waals surface area contributed by atoms with E-state index >= 15 is 0 Å². The minimum absolute atomic E-state index is 0.0785. The van der Waals surface area contributed by atoms with Gasteiger partial charge in [0.05, 0.1) is 24.2 Å². The molecule has 2 fully saturated rings. The van der Waals surface area contributed by atoms with Crippen LogP contribution < -0.4 is 5.32 Å². The van der Waals surface area contributed by atoms with Gasteiger partial charge in [0, 0.05) is 31.9 Å². The van der Waals surface area contributed by atoms with Crippen molar-refractivity contribution in [2.45, 2.75) is 19.4 Å². The summed E-state index contributed by atoms with van der Waals surface area (Å²) < 4.78 is 36.4. The number of rotatable bonds is 5. The maximum absolute atomic E-state index is 13.1. The second-order valence-electron chi connectivity index (χ2n) is 7.62. The number of benzene rings is 1. The molecule has 2 aliphatic rings. The lowest BCUT2D eigenvalue weighted by molar-refractivity contribution is 0.126. The number of hydrogen-bond acceptors (Lipinski definition) is 5. The summed E-state index contributed by atoms with van der Waals surface area (Å²) in [6.07, 6.45) is 0.869. The molecule has 0 spiro atoms. The molecule has 3 rings (SSSR count). The van der Waals surface area contributed by atoms with Gasteiger partial charge in [0.2, 0.25) is 0 Å². The number of nitrogens with one attached hydrogen (secondary N) is 1. The highest BCUT2D eigenvalue weighted by Gasteiger charge is 2.43. The summed E-state index contributed by atoms with van der Waals surface area (Å²) in [7, 11) is -2.94. The van der Waals surface area contributed by atoms with Crippen molar-refractivity contribution < 1.29 is 22.7 Å². The summed E-state index contributed by atoms with van der Waals surface area (Å²) in [5, 5.41) is 12.8. The normalized spacial score (nSPS) is 27.7. The Labute approximate surface area is 165 Å². The zero-order valence-corrected chi connectivity index (χ0v) is 16.9. The number of carbonyl (C=O) groups is 1. The number of amides is 2. The van der Waals surface area contributed by atoms with Crippen LogP contribution in [0, 0.1) is 17.7 Å². The van der Waals surface area contributed by atoms with Crippen LogP contribution in [0.15, 0.2) is 24.3 Å². The zero-order chi connectivity index (χ0) is 20.3. The summed E-state index contributed by atoms with van der Waals surface area (Å²) >= 11 is 0. The van der Waals surface area contributed by atoms with E-state index in [0.717, 1.165) is 6.42 Å². The van der Waals surface area contributed by atoms with Gasteiger partial charge in [0.1, 0.15) is 5.82 Å². The first-order chi connectivity index (χ1) is 13.3. The molecule has 2 saturated heterocycles. The molecule has 2 aliphatic heterocycles. The summed E-state index contributed by atoms with van der Waals surface area (Å²) in [6.45, 7) is 4.10. The highest BCUT2D eigenvalue weighted by Crippen LogP contribution is 2.33. The first-order valence-electron chi connectivity index (χ1n) is 9.69. The summed E-state index contributed by atoms with van der Waals surface area (Å²) in [4.78, 5) is 16.5. The minimum Gasteiger partial charge on any atom is -0.394 e. The molecule has 1 aromatic carbocycles. The number of halogens is 1. The molecule has 0 unspecified atom stereocenters. The first-order valence-corrected chi connectivity index (χ1v) is 11.5. The third kappa shape index (κ3) is 4.82. The van der Waals surface area contributed by atoms with E-state index in [9.17, 15) is 22.7 Å². The van der Waals surface area contributed by atoms with Crippen LogP contribution in [0.4, 0.5) is 14.9 Å². The largest absolute Gasteiger partial charge is 0.394 e. The number of nitrogens with zero attached hydrogens (tertiary/aromatic N) is 2. The monoisotopic (exact) mass is 413 g/mol. The average molecular weight is 414 g/mol. The number of urea groups is 1. The fourth-order valence-electron chi connectivity index (χ4n) is 4.20. The number of likely N-dealkylation sites (tertiary alicyclic amines) is 1. The molecule has 0 aliphatic carbocycles. The minimum atomic E-state index is -2.94. The molecule has 7 nitrogen and oxygen atoms in total. The quantitative estimate of drug-likeness (QED) is 0.762. The number of aliphatic hydroxyl groups excluding tert-OH is 1. The third-order valence-corrected chi connectivity index (χ3v) is 7.51. The van der Waals surface area contributed by atoms with E-state index in [1.54, 1.807) is 4.90 Å². The Balaban J connectivity index is 1.67. The van der Waals surface area contributed by atoms with Crippen molar-refractivity contribution >= 4 is 21.6 Å². The van der Waals surface area contributed by atoms with Gasteiger partial charge in [-0.25, -0.2) is 17.6 Å². The molecule has 0 aromatic heterocycles. The zero-order valence-electron chi connectivity index (χ0n) is 16.1. The predicted octanol–water partition coefficient (Wildman–Crippen LogP) is 1.41.